The molecule has 8 nitrogen and oxygen atoms in total. The summed E-state index contributed by atoms with van der Waals surface area (Å²) in [6, 6.07) is 5.17. The minimum absolute atomic E-state index is 0.00734. The number of rotatable bonds is 9. The minimum atomic E-state index is -3.57. The monoisotopic (exact) mass is 357 g/mol. The first-order chi connectivity index (χ1) is 11.2. The molecule has 0 atom stereocenters. The maximum atomic E-state index is 12.1. The van der Waals surface area contributed by atoms with E-state index in [9.17, 15) is 18.0 Å². The summed E-state index contributed by atoms with van der Waals surface area (Å²) < 4.78 is 26.7. The van der Waals surface area contributed by atoms with Crippen LogP contribution in [-0.2, 0) is 14.8 Å². The number of sulfonamides is 1. The molecule has 2 amide bonds. The number of benzene rings is 1. The molecule has 0 aromatic heterocycles. The summed E-state index contributed by atoms with van der Waals surface area (Å²) in [7, 11) is -3.57. The Balaban J connectivity index is 2.55. The molecule has 0 unspecified atom stereocenters. The van der Waals surface area contributed by atoms with Gasteiger partial charge in [0, 0.05) is 18.8 Å². The quantitative estimate of drug-likeness (QED) is 0.534. The van der Waals surface area contributed by atoms with E-state index >= 15 is 0 Å². The van der Waals surface area contributed by atoms with Crippen LogP contribution in [0.4, 0.5) is 10.5 Å². The van der Waals surface area contributed by atoms with Crippen molar-refractivity contribution in [3.8, 4) is 0 Å². The van der Waals surface area contributed by atoms with Gasteiger partial charge in [0.2, 0.25) is 10.0 Å². The molecule has 0 fully saturated rings. The standard InChI is InChI=1S/C15H23N3O5S/c1-11(2)7-10-17-24(22,23)13-5-3-12(4-6-13)18-15(21)16-9-8-14(19)20/h3-6,11,17H,7-10H2,1-2H3,(H,19,20)(H2,16,18,21). The topological polar surface area (TPSA) is 125 Å². The lowest BCUT2D eigenvalue weighted by Crippen LogP contribution is -2.30. The third kappa shape index (κ3) is 7.42. The van der Waals surface area contributed by atoms with E-state index in [0.717, 1.165) is 6.42 Å². The van der Waals surface area contributed by atoms with E-state index < -0.39 is 22.0 Å². The summed E-state index contributed by atoms with van der Waals surface area (Å²) >= 11 is 0. The lowest BCUT2D eigenvalue weighted by atomic mass is 10.1. The number of amides is 2. The number of carboxylic acid groups (broad SMARTS) is 1. The zero-order valence-corrected chi connectivity index (χ0v) is 14.5. The van der Waals surface area contributed by atoms with E-state index in [0.29, 0.717) is 18.2 Å². The number of carbonyl (C=O) groups is 2. The van der Waals surface area contributed by atoms with Gasteiger partial charge in [-0.05, 0) is 36.6 Å². The molecular formula is C15H23N3O5S. The van der Waals surface area contributed by atoms with Crippen LogP contribution in [0.3, 0.4) is 0 Å². The van der Waals surface area contributed by atoms with Gasteiger partial charge in [-0.15, -0.1) is 0 Å². The third-order valence-corrected chi connectivity index (χ3v) is 4.54. The van der Waals surface area contributed by atoms with Gasteiger partial charge in [-0.1, -0.05) is 13.8 Å². The summed E-state index contributed by atoms with van der Waals surface area (Å²) in [6.45, 7) is 4.39. The fourth-order valence-electron chi connectivity index (χ4n) is 1.74. The number of hydrogen-bond donors (Lipinski definition) is 4. The lowest BCUT2D eigenvalue weighted by Gasteiger charge is -2.10. The number of carbonyl (C=O) groups excluding carboxylic acids is 1. The molecule has 1 rings (SSSR count). The molecule has 0 aliphatic rings. The predicted molar refractivity (Wildman–Crippen MR) is 90.4 cm³/mol. The molecule has 4 N–H and O–H groups in total. The van der Waals surface area contributed by atoms with Crippen molar-refractivity contribution in [1.82, 2.24) is 10.0 Å². The smallest absolute Gasteiger partial charge is 0.319 e. The predicted octanol–water partition coefficient (Wildman–Crippen LogP) is 1.61. The summed E-state index contributed by atoms with van der Waals surface area (Å²) in [6.07, 6.45) is 0.571. The van der Waals surface area contributed by atoms with Crippen LogP contribution in [0, 0.1) is 5.92 Å². The number of carboxylic acids is 1. The first kappa shape index (κ1) is 19.9. The van der Waals surface area contributed by atoms with Gasteiger partial charge in [-0.2, -0.15) is 0 Å². The Labute approximate surface area is 141 Å². The summed E-state index contributed by atoms with van der Waals surface area (Å²) in [5.41, 5.74) is 0.406. The van der Waals surface area contributed by atoms with Gasteiger partial charge in [-0.25, -0.2) is 17.9 Å². The molecule has 0 aliphatic carbocycles. The first-order valence-corrected chi connectivity index (χ1v) is 9.05. The molecule has 0 spiro atoms. The molecule has 0 radical (unpaired) electrons. The average Bonchev–Trinajstić information content (AvgIpc) is 2.46. The molecule has 134 valence electrons. The van der Waals surface area contributed by atoms with Crippen molar-refractivity contribution in [3.05, 3.63) is 24.3 Å². The maximum absolute atomic E-state index is 12.1. The molecule has 0 saturated heterocycles. The molecule has 0 heterocycles. The fraction of sp³-hybridized carbons (Fsp3) is 0.467. The summed E-state index contributed by atoms with van der Waals surface area (Å²) in [4.78, 5) is 22.0. The summed E-state index contributed by atoms with van der Waals surface area (Å²) in [5, 5.41) is 13.4. The van der Waals surface area contributed by atoms with Crippen LogP contribution in [0.5, 0.6) is 0 Å². The Morgan fingerprint density at radius 3 is 2.29 bits per heavy atom. The number of anilines is 1. The Morgan fingerprint density at radius 1 is 1.12 bits per heavy atom. The number of hydrogen-bond acceptors (Lipinski definition) is 4. The number of urea groups is 1. The Morgan fingerprint density at radius 2 is 1.75 bits per heavy atom. The third-order valence-electron chi connectivity index (χ3n) is 3.06. The van der Waals surface area contributed by atoms with E-state index in [-0.39, 0.29) is 17.9 Å². The van der Waals surface area contributed by atoms with E-state index in [1.807, 2.05) is 13.8 Å². The van der Waals surface area contributed by atoms with Crippen LogP contribution in [0.25, 0.3) is 0 Å². The van der Waals surface area contributed by atoms with Gasteiger partial charge in [0.05, 0.1) is 11.3 Å². The van der Waals surface area contributed by atoms with Gasteiger partial charge >= 0.3 is 12.0 Å². The SMILES string of the molecule is CC(C)CCNS(=O)(=O)c1ccc(NC(=O)NCCC(=O)O)cc1. The zero-order chi connectivity index (χ0) is 18.2. The number of aliphatic carboxylic acids is 1. The molecule has 0 bridgehead atoms. The molecule has 9 heteroatoms. The highest BCUT2D eigenvalue weighted by Crippen LogP contribution is 2.14. The van der Waals surface area contributed by atoms with Crippen molar-refractivity contribution in [1.29, 1.82) is 0 Å². The van der Waals surface area contributed by atoms with Crippen molar-refractivity contribution in [2.24, 2.45) is 5.92 Å². The van der Waals surface area contributed by atoms with Crippen LogP contribution in [0.15, 0.2) is 29.2 Å². The number of nitrogens with one attached hydrogen (secondary N) is 3. The zero-order valence-electron chi connectivity index (χ0n) is 13.7. The Bertz CT molecular complexity index is 656. The van der Waals surface area contributed by atoms with Gasteiger partial charge < -0.3 is 15.7 Å². The molecular weight excluding hydrogens is 334 g/mol. The fourth-order valence-corrected chi connectivity index (χ4v) is 2.79. The minimum Gasteiger partial charge on any atom is -0.481 e. The molecule has 0 saturated carbocycles. The van der Waals surface area contributed by atoms with Gasteiger partial charge in [-0.3, -0.25) is 4.79 Å². The van der Waals surface area contributed by atoms with Gasteiger partial charge in [0.25, 0.3) is 0 Å². The Kier molecular flexibility index (Phi) is 7.66. The normalized spacial score (nSPS) is 11.3. The maximum Gasteiger partial charge on any atom is 0.319 e. The highest BCUT2D eigenvalue weighted by molar-refractivity contribution is 7.89. The molecule has 1 aromatic carbocycles. The van der Waals surface area contributed by atoms with Crippen molar-refractivity contribution < 1.29 is 23.1 Å². The second-order valence-corrected chi connectivity index (χ2v) is 7.40. The Hall–Kier alpha value is -2.13. The van der Waals surface area contributed by atoms with Crippen LogP contribution < -0.4 is 15.4 Å². The second-order valence-electron chi connectivity index (χ2n) is 5.63. The van der Waals surface area contributed by atoms with Crippen LogP contribution in [-0.4, -0.2) is 38.6 Å². The van der Waals surface area contributed by atoms with Gasteiger partial charge in [0.15, 0.2) is 0 Å². The van der Waals surface area contributed by atoms with E-state index in [4.69, 9.17) is 5.11 Å². The largest absolute Gasteiger partial charge is 0.481 e. The van der Waals surface area contributed by atoms with Crippen LogP contribution in [0.2, 0.25) is 0 Å². The van der Waals surface area contributed by atoms with Crippen molar-refractivity contribution >= 4 is 27.7 Å². The van der Waals surface area contributed by atoms with E-state index in [1.165, 1.54) is 24.3 Å². The highest BCUT2D eigenvalue weighted by atomic mass is 32.2. The van der Waals surface area contributed by atoms with Crippen LogP contribution >= 0.6 is 0 Å². The van der Waals surface area contributed by atoms with Crippen LogP contribution in [0.1, 0.15) is 26.7 Å². The highest BCUT2D eigenvalue weighted by Gasteiger charge is 2.13. The van der Waals surface area contributed by atoms with Crippen molar-refractivity contribution in [2.75, 3.05) is 18.4 Å². The average molecular weight is 357 g/mol. The second kappa shape index (κ2) is 9.24. The molecule has 24 heavy (non-hydrogen) atoms. The molecule has 1 aromatic rings. The van der Waals surface area contributed by atoms with E-state index in [2.05, 4.69) is 15.4 Å². The lowest BCUT2D eigenvalue weighted by molar-refractivity contribution is -0.136. The van der Waals surface area contributed by atoms with Gasteiger partial charge in [0.1, 0.15) is 0 Å². The first-order valence-electron chi connectivity index (χ1n) is 7.57. The molecule has 0 aliphatic heterocycles. The summed E-state index contributed by atoms with van der Waals surface area (Å²) in [5.74, 6) is -0.603. The van der Waals surface area contributed by atoms with Crippen molar-refractivity contribution in [3.63, 3.8) is 0 Å². The van der Waals surface area contributed by atoms with E-state index in [1.54, 1.807) is 0 Å². The van der Waals surface area contributed by atoms with Crippen molar-refractivity contribution in [2.45, 2.75) is 31.6 Å².